The first-order valence-electron chi connectivity index (χ1n) is 11.3. The van der Waals surface area contributed by atoms with Crippen LogP contribution in [0.15, 0.2) is 65.7 Å². The van der Waals surface area contributed by atoms with Crippen molar-refractivity contribution < 1.29 is 4.79 Å². The maximum absolute atomic E-state index is 13.3. The van der Waals surface area contributed by atoms with Gasteiger partial charge in [-0.05, 0) is 49.4 Å². The van der Waals surface area contributed by atoms with Gasteiger partial charge in [-0.1, -0.05) is 43.7 Å². The largest absolute Gasteiger partial charge is 0.350 e. The van der Waals surface area contributed by atoms with Crippen LogP contribution >= 0.6 is 0 Å². The smallest absolute Gasteiger partial charge is 0.257 e. The normalized spacial score (nSPS) is 17.0. The Morgan fingerprint density at radius 2 is 1.85 bits per heavy atom. The molecule has 2 heterocycles. The lowest BCUT2D eigenvalue weighted by Crippen LogP contribution is -2.38. The van der Waals surface area contributed by atoms with Gasteiger partial charge in [-0.25, -0.2) is 4.68 Å². The van der Waals surface area contributed by atoms with Crippen LogP contribution in [-0.2, 0) is 13.5 Å². The molecule has 0 bridgehead atoms. The van der Waals surface area contributed by atoms with E-state index in [1.807, 2.05) is 40.7 Å². The van der Waals surface area contributed by atoms with Crippen LogP contribution in [0.25, 0.3) is 16.6 Å². The Bertz CT molecular complexity index is 1430. The fourth-order valence-electron chi connectivity index (χ4n) is 4.92. The molecule has 1 N–H and O–H groups in total. The molecule has 0 unspecified atom stereocenters. The van der Waals surface area contributed by atoms with Gasteiger partial charge in [0.15, 0.2) is 0 Å². The van der Waals surface area contributed by atoms with Gasteiger partial charge in [0.25, 0.3) is 5.91 Å². The fraction of sp³-hybridized carbons (Fsp3) is 0.296. The van der Waals surface area contributed by atoms with E-state index in [9.17, 15) is 9.59 Å². The van der Waals surface area contributed by atoms with Gasteiger partial charge in [0.1, 0.15) is 5.56 Å². The van der Waals surface area contributed by atoms with Gasteiger partial charge in [-0.15, -0.1) is 0 Å². The maximum Gasteiger partial charge on any atom is 0.257 e. The Morgan fingerprint density at radius 1 is 1.12 bits per heavy atom. The molecule has 0 saturated heterocycles. The van der Waals surface area contributed by atoms with Crippen LogP contribution in [0.4, 0.5) is 0 Å². The van der Waals surface area contributed by atoms with E-state index < -0.39 is 0 Å². The van der Waals surface area contributed by atoms with E-state index in [2.05, 4.69) is 55.5 Å². The lowest BCUT2D eigenvalue weighted by atomic mass is 9.74. The Labute approximate surface area is 192 Å². The minimum Gasteiger partial charge on any atom is -0.350 e. The number of hydrogen-bond donors (Lipinski definition) is 1. The lowest BCUT2D eigenvalue weighted by Gasteiger charge is -2.36. The Kier molecular flexibility index (Phi) is 4.96. The van der Waals surface area contributed by atoms with E-state index in [1.54, 1.807) is 12.3 Å². The van der Waals surface area contributed by atoms with Crippen LogP contribution in [0.1, 0.15) is 53.5 Å². The third-order valence-electron chi connectivity index (χ3n) is 6.60. The van der Waals surface area contributed by atoms with Gasteiger partial charge in [0.2, 0.25) is 5.43 Å². The molecule has 0 saturated carbocycles. The molecule has 6 heteroatoms. The van der Waals surface area contributed by atoms with Crippen molar-refractivity contribution in [3.05, 3.63) is 93.5 Å². The van der Waals surface area contributed by atoms with Gasteiger partial charge in [-0.3, -0.25) is 9.59 Å². The molecule has 2 aromatic heterocycles. The zero-order valence-corrected chi connectivity index (χ0v) is 19.4. The molecule has 1 aliphatic carbocycles. The van der Waals surface area contributed by atoms with Crippen molar-refractivity contribution in [1.82, 2.24) is 19.7 Å². The fourth-order valence-corrected chi connectivity index (χ4v) is 4.92. The average molecular weight is 441 g/mol. The maximum atomic E-state index is 13.3. The van der Waals surface area contributed by atoms with Crippen molar-refractivity contribution in [1.29, 1.82) is 0 Å². The van der Waals surface area contributed by atoms with E-state index in [4.69, 9.17) is 0 Å². The number of amides is 1. The van der Waals surface area contributed by atoms with Crippen LogP contribution in [0.2, 0.25) is 0 Å². The van der Waals surface area contributed by atoms with Crippen molar-refractivity contribution >= 4 is 16.8 Å². The summed E-state index contributed by atoms with van der Waals surface area (Å²) in [6.45, 7) is 6.47. The Morgan fingerprint density at radius 3 is 2.61 bits per heavy atom. The quantitative estimate of drug-likeness (QED) is 0.511. The number of nitrogens with zero attached hydrogens (tertiary/aromatic N) is 3. The first kappa shape index (κ1) is 21.2. The lowest BCUT2D eigenvalue weighted by molar-refractivity contribution is 0.0917. The molecule has 1 aliphatic rings. The van der Waals surface area contributed by atoms with Crippen molar-refractivity contribution in [2.75, 3.05) is 0 Å². The highest BCUT2D eigenvalue weighted by Gasteiger charge is 2.36. The first-order chi connectivity index (χ1) is 15.7. The van der Waals surface area contributed by atoms with Crippen LogP contribution < -0.4 is 10.7 Å². The number of pyridine rings is 1. The molecular formula is C27H28N4O2. The van der Waals surface area contributed by atoms with Gasteiger partial charge in [0, 0.05) is 24.2 Å². The zero-order valence-electron chi connectivity index (χ0n) is 19.4. The summed E-state index contributed by atoms with van der Waals surface area (Å²) < 4.78 is 3.81. The number of carbonyl (C=O) groups is 1. The van der Waals surface area contributed by atoms with Crippen LogP contribution in [0.3, 0.4) is 0 Å². The molecule has 0 spiro atoms. The predicted octanol–water partition coefficient (Wildman–Crippen LogP) is 4.48. The summed E-state index contributed by atoms with van der Waals surface area (Å²) in [4.78, 5) is 26.4. The molecule has 0 aliphatic heterocycles. The number of aromatic nitrogens is 3. The van der Waals surface area contributed by atoms with Crippen LogP contribution in [-0.4, -0.2) is 20.3 Å². The van der Waals surface area contributed by atoms with Gasteiger partial charge >= 0.3 is 0 Å². The second-order valence-corrected chi connectivity index (χ2v) is 9.87. The monoisotopic (exact) mass is 440 g/mol. The van der Waals surface area contributed by atoms with E-state index in [0.29, 0.717) is 5.39 Å². The third kappa shape index (κ3) is 3.75. The topological polar surface area (TPSA) is 68.9 Å². The Hall–Kier alpha value is -3.67. The average Bonchev–Trinajstić information content (AvgIpc) is 3.19. The number of fused-ring (bicyclic) bond motifs is 2. The predicted molar refractivity (Wildman–Crippen MR) is 130 cm³/mol. The molecule has 1 amide bonds. The molecule has 5 rings (SSSR count). The van der Waals surface area contributed by atoms with E-state index in [0.717, 1.165) is 35.3 Å². The number of carbonyl (C=O) groups excluding carboxylic acids is 1. The summed E-state index contributed by atoms with van der Waals surface area (Å²) in [6.07, 6.45) is 5.12. The van der Waals surface area contributed by atoms with Crippen molar-refractivity contribution in [2.45, 2.75) is 39.7 Å². The second kappa shape index (κ2) is 7.73. The zero-order chi connectivity index (χ0) is 23.3. The highest BCUT2D eigenvalue weighted by atomic mass is 16.2. The second-order valence-electron chi connectivity index (χ2n) is 9.87. The van der Waals surface area contributed by atoms with E-state index in [1.165, 1.54) is 5.56 Å². The number of nitrogens with one attached hydrogen (secondary N) is 1. The van der Waals surface area contributed by atoms with E-state index in [-0.39, 0.29) is 28.4 Å². The summed E-state index contributed by atoms with van der Waals surface area (Å²) in [5.41, 5.74) is 5.02. The molecule has 33 heavy (non-hydrogen) atoms. The molecule has 4 aromatic rings. The summed E-state index contributed by atoms with van der Waals surface area (Å²) in [5.74, 6) is -0.349. The standard InChI is InChI=1S/C27H28N4O2/c1-17-9-11-18(12-10-17)31-24-14-27(2,3)13-22(20(24)15-28-31)29-26(33)21-16-30(4)23-8-6-5-7-19(23)25(21)32/h5-12,15-16,22H,13-14H2,1-4H3,(H,29,33)/t22-/m0/s1. The summed E-state index contributed by atoms with van der Waals surface area (Å²) >= 11 is 0. The van der Waals surface area contributed by atoms with Gasteiger partial charge in [0.05, 0.1) is 29.1 Å². The van der Waals surface area contributed by atoms with E-state index >= 15 is 0 Å². The molecule has 168 valence electrons. The first-order valence-corrected chi connectivity index (χ1v) is 11.3. The summed E-state index contributed by atoms with van der Waals surface area (Å²) in [7, 11) is 1.85. The highest BCUT2D eigenvalue weighted by molar-refractivity contribution is 5.97. The number of hydrogen-bond acceptors (Lipinski definition) is 3. The molecule has 1 atom stereocenters. The van der Waals surface area contributed by atoms with Crippen molar-refractivity contribution in [3.63, 3.8) is 0 Å². The van der Waals surface area contributed by atoms with Gasteiger partial charge in [-0.2, -0.15) is 5.10 Å². The van der Waals surface area contributed by atoms with Crippen molar-refractivity contribution in [2.24, 2.45) is 12.5 Å². The summed E-state index contributed by atoms with van der Waals surface area (Å²) in [5, 5.41) is 8.36. The minimum atomic E-state index is -0.349. The Balaban J connectivity index is 1.52. The summed E-state index contributed by atoms with van der Waals surface area (Å²) in [6, 6.07) is 15.4. The number of para-hydroxylation sites is 1. The molecule has 0 fully saturated rings. The van der Waals surface area contributed by atoms with Crippen LogP contribution in [0.5, 0.6) is 0 Å². The number of benzene rings is 2. The molecular weight excluding hydrogens is 412 g/mol. The molecule has 0 radical (unpaired) electrons. The SMILES string of the molecule is Cc1ccc(-n2ncc3c2CC(C)(C)C[C@@H]3NC(=O)c2cn(C)c3ccccc3c2=O)cc1. The number of rotatable bonds is 3. The van der Waals surface area contributed by atoms with Gasteiger partial charge < -0.3 is 9.88 Å². The minimum absolute atomic E-state index is 0.0260. The molecule has 6 nitrogen and oxygen atoms in total. The third-order valence-corrected chi connectivity index (χ3v) is 6.60. The number of aryl methyl sites for hydroxylation is 2. The van der Waals surface area contributed by atoms with Crippen molar-refractivity contribution in [3.8, 4) is 5.69 Å². The molecule has 2 aromatic carbocycles. The highest BCUT2D eigenvalue weighted by Crippen LogP contribution is 2.41. The van der Waals surface area contributed by atoms with Crippen LogP contribution in [0, 0.1) is 12.3 Å².